The molecular weight excluding hydrogens is 242 g/mol. The van der Waals surface area contributed by atoms with Crippen molar-refractivity contribution in [2.24, 2.45) is 0 Å². The molecule has 1 saturated heterocycles. The molecule has 0 unspecified atom stereocenters. The average molecular weight is 259 g/mol. The summed E-state index contributed by atoms with van der Waals surface area (Å²) in [6, 6.07) is 14.9. The highest BCUT2D eigenvalue weighted by atomic mass is 32.2. The van der Waals surface area contributed by atoms with Gasteiger partial charge in [0, 0.05) is 4.90 Å². The van der Waals surface area contributed by atoms with Crippen LogP contribution in [0.2, 0.25) is 0 Å². The highest BCUT2D eigenvalue weighted by Crippen LogP contribution is 2.32. The lowest BCUT2D eigenvalue weighted by Crippen LogP contribution is -2.26. The van der Waals surface area contributed by atoms with Gasteiger partial charge in [0.2, 0.25) is 0 Å². The van der Waals surface area contributed by atoms with E-state index in [-0.39, 0.29) is 0 Å². The van der Waals surface area contributed by atoms with Crippen molar-refractivity contribution >= 4 is 11.8 Å². The highest BCUT2D eigenvalue weighted by molar-refractivity contribution is 7.99. The van der Waals surface area contributed by atoms with Gasteiger partial charge in [-0.05, 0) is 43.7 Å². The van der Waals surface area contributed by atoms with Crippen LogP contribution in [0.15, 0.2) is 56.9 Å². The molecule has 1 N–H and O–H groups in total. The summed E-state index contributed by atoms with van der Waals surface area (Å²) in [6.45, 7) is 1.10. The van der Waals surface area contributed by atoms with Gasteiger partial charge in [-0.3, -0.25) is 0 Å². The van der Waals surface area contributed by atoms with Gasteiger partial charge in [0.15, 0.2) is 5.09 Å². The summed E-state index contributed by atoms with van der Waals surface area (Å²) in [4.78, 5) is 1.22. The van der Waals surface area contributed by atoms with Crippen LogP contribution in [0.4, 0.5) is 0 Å². The Kier molecular flexibility index (Phi) is 3.72. The van der Waals surface area contributed by atoms with E-state index in [1.54, 1.807) is 11.8 Å². The molecule has 18 heavy (non-hydrogen) atoms. The van der Waals surface area contributed by atoms with Crippen molar-refractivity contribution in [1.29, 1.82) is 0 Å². The van der Waals surface area contributed by atoms with Crippen molar-refractivity contribution in [3.05, 3.63) is 48.2 Å². The molecule has 1 aromatic heterocycles. The van der Waals surface area contributed by atoms with E-state index in [4.69, 9.17) is 4.42 Å². The van der Waals surface area contributed by atoms with E-state index in [2.05, 4.69) is 41.7 Å². The minimum atomic E-state index is 0.406. The summed E-state index contributed by atoms with van der Waals surface area (Å²) in [5.41, 5.74) is 0. The van der Waals surface area contributed by atoms with Crippen LogP contribution >= 0.6 is 11.8 Å². The molecule has 2 heterocycles. The third-order valence-corrected chi connectivity index (χ3v) is 4.15. The van der Waals surface area contributed by atoms with Gasteiger partial charge < -0.3 is 9.73 Å². The Hall–Kier alpha value is -1.19. The van der Waals surface area contributed by atoms with E-state index >= 15 is 0 Å². The van der Waals surface area contributed by atoms with E-state index in [0.717, 1.165) is 17.4 Å². The van der Waals surface area contributed by atoms with Gasteiger partial charge in [0.05, 0.1) is 6.04 Å². The number of piperidine rings is 1. The number of rotatable bonds is 3. The van der Waals surface area contributed by atoms with Crippen molar-refractivity contribution in [1.82, 2.24) is 5.32 Å². The first kappa shape index (κ1) is 11.9. The average Bonchev–Trinajstić information content (AvgIpc) is 2.89. The summed E-state index contributed by atoms with van der Waals surface area (Å²) in [5.74, 6) is 1.08. The number of nitrogens with one attached hydrogen (secondary N) is 1. The topological polar surface area (TPSA) is 25.2 Å². The monoisotopic (exact) mass is 259 g/mol. The van der Waals surface area contributed by atoms with Crippen LogP contribution in [0.5, 0.6) is 0 Å². The molecule has 1 aliphatic rings. The predicted octanol–water partition coefficient (Wildman–Crippen LogP) is 4.25. The Labute approximate surface area is 112 Å². The molecule has 94 valence electrons. The molecule has 2 nitrogen and oxygen atoms in total. The van der Waals surface area contributed by atoms with Gasteiger partial charge in [-0.25, -0.2) is 0 Å². The Morgan fingerprint density at radius 1 is 1.06 bits per heavy atom. The van der Waals surface area contributed by atoms with Crippen LogP contribution in [0.3, 0.4) is 0 Å². The molecule has 1 aliphatic heterocycles. The summed E-state index contributed by atoms with van der Waals surface area (Å²) >= 11 is 1.68. The van der Waals surface area contributed by atoms with Crippen LogP contribution in [0.25, 0.3) is 0 Å². The van der Waals surface area contributed by atoms with E-state index in [1.807, 2.05) is 6.07 Å². The molecule has 1 fully saturated rings. The summed E-state index contributed by atoms with van der Waals surface area (Å²) < 4.78 is 5.93. The lowest BCUT2D eigenvalue weighted by Gasteiger charge is -2.21. The van der Waals surface area contributed by atoms with Crippen LogP contribution in [-0.2, 0) is 0 Å². The van der Waals surface area contributed by atoms with Gasteiger partial charge in [0.25, 0.3) is 0 Å². The number of benzene rings is 1. The molecule has 0 saturated carbocycles. The molecule has 1 aromatic carbocycles. The zero-order chi connectivity index (χ0) is 12.2. The maximum Gasteiger partial charge on any atom is 0.165 e. The van der Waals surface area contributed by atoms with Crippen LogP contribution in [0.1, 0.15) is 31.1 Å². The summed E-state index contributed by atoms with van der Waals surface area (Å²) in [6.07, 6.45) is 3.76. The maximum atomic E-state index is 5.93. The number of hydrogen-bond acceptors (Lipinski definition) is 3. The zero-order valence-corrected chi connectivity index (χ0v) is 11.1. The van der Waals surface area contributed by atoms with Gasteiger partial charge in [-0.2, -0.15) is 0 Å². The minimum Gasteiger partial charge on any atom is -0.453 e. The van der Waals surface area contributed by atoms with Crippen molar-refractivity contribution in [2.45, 2.75) is 35.3 Å². The molecule has 2 aromatic rings. The summed E-state index contributed by atoms with van der Waals surface area (Å²) in [5, 5.41) is 4.49. The molecule has 0 aliphatic carbocycles. The van der Waals surface area contributed by atoms with Crippen molar-refractivity contribution in [2.75, 3.05) is 6.54 Å². The standard InChI is InChI=1S/C15H17NOS/c1-2-6-12(7-3-1)18-15-10-9-14(17-15)13-8-4-5-11-16-13/h1-3,6-7,9-10,13,16H,4-5,8,11H2/t13-/m0/s1. The second-order valence-electron chi connectivity index (χ2n) is 4.57. The molecule has 1 atom stereocenters. The largest absolute Gasteiger partial charge is 0.453 e. The normalized spacial score (nSPS) is 19.9. The van der Waals surface area contributed by atoms with E-state index in [0.29, 0.717) is 6.04 Å². The van der Waals surface area contributed by atoms with E-state index < -0.39 is 0 Å². The molecule has 0 spiro atoms. The highest BCUT2D eigenvalue weighted by Gasteiger charge is 2.18. The van der Waals surface area contributed by atoms with Crippen molar-refractivity contribution < 1.29 is 4.42 Å². The third kappa shape index (κ3) is 2.79. The smallest absolute Gasteiger partial charge is 0.165 e. The van der Waals surface area contributed by atoms with Crippen LogP contribution < -0.4 is 5.32 Å². The molecule has 3 rings (SSSR count). The van der Waals surface area contributed by atoms with E-state index in [9.17, 15) is 0 Å². The fraction of sp³-hybridized carbons (Fsp3) is 0.333. The molecule has 0 amide bonds. The van der Waals surface area contributed by atoms with Gasteiger partial charge in [-0.15, -0.1) is 0 Å². The Morgan fingerprint density at radius 3 is 2.72 bits per heavy atom. The van der Waals surface area contributed by atoms with Crippen molar-refractivity contribution in [3.63, 3.8) is 0 Å². The lowest BCUT2D eigenvalue weighted by atomic mass is 10.0. The quantitative estimate of drug-likeness (QED) is 0.892. The van der Waals surface area contributed by atoms with Gasteiger partial charge >= 0.3 is 0 Å². The SMILES string of the molecule is c1ccc(Sc2ccc([C@@H]3CCCCN3)o2)cc1. The Bertz CT molecular complexity index is 488. The summed E-state index contributed by atoms with van der Waals surface area (Å²) in [7, 11) is 0. The van der Waals surface area contributed by atoms with Crippen molar-refractivity contribution in [3.8, 4) is 0 Å². The first-order valence-corrected chi connectivity index (χ1v) is 7.29. The van der Waals surface area contributed by atoms with Gasteiger partial charge in [-0.1, -0.05) is 36.4 Å². The van der Waals surface area contributed by atoms with Gasteiger partial charge in [0.1, 0.15) is 5.76 Å². The predicted molar refractivity (Wildman–Crippen MR) is 73.9 cm³/mol. The second-order valence-corrected chi connectivity index (χ2v) is 5.65. The maximum absolute atomic E-state index is 5.93. The fourth-order valence-corrected chi connectivity index (χ4v) is 3.08. The fourth-order valence-electron chi connectivity index (χ4n) is 2.28. The van der Waals surface area contributed by atoms with Crippen LogP contribution in [0, 0.1) is 0 Å². The number of hydrogen-bond donors (Lipinski definition) is 1. The zero-order valence-electron chi connectivity index (χ0n) is 10.3. The number of furan rings is 1. The van der Waals surface area contributed by atoms with E-state index in [1.165, 1.54) is 24.2 Å². The van der Waals surface area contributed by atoms with Crippen LogP contribution in [-0.4, -0.2) is 6.54 Å². The third-order valence-electron chi connectivity index (χ3n) is 3.22. The second kappa shape index (κ2) is 5.63. The first-order chi connectivity index (χ1) is 8.92. The molecular formula is C15H17NOS. The Morgan fingerprint density at radius 2 is 1.94 bits per heavy atom. The lowest BCUT2D eigenvalue weighted by molar-refractivity contribution is 0.326. The minimum absolute atomic E-state index is 0.406. The molecule has 0 bridgehead atoms. The molecule has 0 radical (unpaired) electrons. The Balaban J connectivity index is 1.69. The first-order valence-electron chi connectivity index (χ1n) is 6.48. The molecule has 3 heteroatoms.